The SMILES string of the molecule is Cc1ccc(SCCNC(=O)C2CCCN(S(=O)(=O)c3ccc(Cl)cc3)C2)cc1. The van der Waals surface area contributed by atoms with Gasteiger partial charge in [-0.3, -0.25) is 4.79 Å². The van der Waals surface area contributed by atoms with Crippen molar-refractivity contribution in [2.75, 3.05) is 25.4 Å². The Hall–Kier alpha value is -1.54. The molecule has 1 unspecified atom stereocenters. The number of hydrogen-bond donors (Lipinski definition) is 1. The maximum atomic E-state index is 12.9. The zero-order valence-electron chi connectivity index (χ0n) is 16.3. The van der Waals surface area contributed by atoms with Crippen LogP contribution in [0.2, 0.25) is 5.02 Å². The number of aryl methyl sites for hydroxylation is 1. The van der Waals surface area contributed by atoms with Crippen LogP contribution >= 0.6 is 23.4 Å². The highest BCUT2D eigenvalue weighted by molar-refractivity contribution is 7.99. The predicted octanol–water partition coefficient (Wildman–Crippen LogP) is 3.96. The van der Waals surface area contributed by atoms with Crippen molar-refractivity contribution in [2.24, 2.45) is 5.92 Å². The van der Waals surface area contributed by atoms with Gasteiger partial charge in [-0.2, -0.15) is 4.31 Å². The molecule has 1 aliphatic heterocycles. The topological polar surface area (TPSA) is 66.5 Å². The zero-order valence-corrected chi connectivity index (χ0v) is 18.7. The van der Waals surface area contributed by atoms with E-state index in [0.29, 0.717) is 31.0 Å². The van der Waals surface area contributed by atoms with Crippen LogP contribution in [0.5, 0.6) is 0 Å². The van der Waals surface area contributed by atoms with E-state index >= 15 is 0 Å². The lowest BCUT2D eigenvalue weighted by Gasteiger charge is -2.31. The number of thioether (sulfide) groups is 1. The summed E-state index contributed by atoms with van der Waals surface area (Å²) in [6, 6.07) is 14.4. The minimum absolute atomic E-state index is 0.0782. The van der Waals surface area contributed by atoms with E-state index in [0.717, 1.165) is 5.75 Å². The van der Waals surface area contributed by atoms with E-state index in [-0.39, 0.29) is 23.3 Å². The molecule has 1 amide bonds. The third kappa shape index (κ3) is 5.98. The molecule has 1 atom stereocenters. The smallest absolute Gasteiger partial charge is 0.243 e. The molecule has 8 heteroatoms. The van der Waals surface area contributed by atoms with E-state index in [1.807, 2.05) is 0 Å². The van der Waals surface area contributed by atoms with E-state index in [1.165, 1.54) is 26.9 Å². The highest BCUT2D eigenvalue weighted by atomic mass is 35.5. The van der Waals surface area contributed by atoms with Gasteiger partial charge in [-0.15, -0.1) is 11.8 Å². The second-order valence-corrected chi connectivity index (χ2v) is 10.7. The lowest BCUT2D eigenvalue weighted by molar-refractivity contribution is -0.125. The number of piperidine rings is 1. The van der Waals surface area contributed by atoms with Gasteiger partial charge in [0, 0.05) is 35.3 Å². The highest BCUT2D eigenvalue weighted by Gasteiger charge is 2.33. The fourth-order valence-electron chi connectivity index (χ4n) is 3.25. The number of nitrogens with one attached hydrogen (secondary N) is 1. The number of carbonyl (C=O) groups excluding carboxylic acids is 1. The number of amides is 1. The molecule has 1 fully saturated rings. The first-order valence-corrected chi connectivity index (χ1v) is 12.4. The quantitative estimate of drug-likeness (QED) is 0.510. The third-order valence-corrected chi connectivity index (χ3v) is 8.04. The lowest BCUT2D eigenvalue weighted by atomic mass is 9.99. The summed E-state index contributed by atoms with van der Waals surface area (Å²) < 4.78 is 27.1. The van der Waals surface area contributed by atoms with Crippen LogP contribution in [-0.2, 0) is 14.8 Å². The Bertz CT molecular complexity index is 931. The summed E-state index contributed by atoms with van der Waals surface area (Å²) >= 11 is 7.54. The minimum atomic E-state index is -3.62. The summed E-state index contributed by atoms with van der Waals surface area (Å²) in [6.45, 7) is 3.24. The first-order valence-electron chi connectivity index (χ1n) is 9.59. The van der Waals surface area contributed by atoms with Gasteiger partial charge in [-0.1, -0.05) is 29.3 Å². The normalized spacial score (nSPS) is 17.8. The number of halogens is 1. The van der Waals surface area contributed by atoms with Gasteiger partial charge in [-0.25, -0.2) is 8.42 Å². The Morgan fingerprint density at radius 2 is 1.86 bits per heavy atom. The molecule has 0 radical (unpaired) electrons. The van der Waals surface area contributed by atoms with Gasteiger partial charge in [0.05, 0.1) is 10.8 Å². The molecule has 0 spiro atoms. The van der Waals surface area contributed by atoms with Gasteiger partial charge in [0.25, 0.3) is 0 Å². The number of hydrogen-bond acceptors (Lipinski definition) is 4. The van der Waals surface area contributed by atoms with Crippen LogP contribution in [0.15, 0.2) is 58.3 Å². The number of rotatable bonds is 7. The molecule has 1 heterocycles. The third-order valence-electron chi connectivity index (χ3n) is 4.90. The van der Waals surface area contributed by atoms with Gasteiger partial charge in [0.1, 0.15) is 0 Å². The molecule has 1 aliphatic rings. The number of sulfonamides is 1. The van der Waals surface area contributed by atoms with Crippen LogP contribution < -0.4 is 5.32 Å². The summed E-state index contributed by atoms with van der Waals surface area (Å²) in [5, 5.41) is 3.44. The van der Waals surface area contributed by atoms with Crippen LogP contribution in [0, 0.1) is 12.8 Å². The van der Waals surface area contributed by atoms with E-state index in [4.69, 9.17) is 11.6 Å². The van der Waals surface area contributed by atoms with E-state index in [2.05, 4.69) is 36.5 Å². The first-order chi connectivity index (χ1) is 13.9. The van der Waals surface area contributed by atoms with Crippen molar-refractivity contribution < 1.29 is 13.2 Å². The molecule has 0 saturated carbocycles. The molecule has 0 bridgehead atoms. The van der Waals surface area contributed by atoms with Crippen LogP contribution in [0.25, 0.3) is 0 Å². The van der Waals surface area contributed by atoms with Crippen LogP contribution in [0.3, 0.4) is 0 Å². The van der Waals surface area contributed by atoms with Crippen molar-refractivity contribution >= 4 is 39.3 Å². The molecule has 29 heavy (non-hydrogen) atoms. The van der Waals surface area contributed by atoms with Gasteiger partial charge in [-0.05, 0) is 56.2 Å². The monoisotopic (exact) mass is 452 g/mol. The van der Waals surface area contributed by atoms with Crippen molar-refractivity contribution in [1.29, 1.82) is 0 Å². The first kappa shape index (κ1) is 22.2. The van der Waals surface area contributed by atoms with Crippen molar-refractivity contribution in [3.05, 3.63) is 59.1 Å². The molecule has 0 aliphatic carbocycles. The number of nitrogens with zero attached hydrogens (tertiary/aromatic N) is 1. The van der Waals surface area contributed by atoms with Gasteiger partial charge in [0.2, 0.25) is 15.9 Å². The molecule has 5 nitrogen and oxygen atoms in total. The molecular formula is C21H25ClN2O3S2. The Kier molecular flexibility index (Phi) is 7.62. The molecule has 3 rings (SSSR count). The summed E-state index contributed by atoms with van der Waals surface area (Å²) in [6.07, 6.45) is 1.37. The largest absolute Gasteiger partial charge is 0.355 e. The molecule has 2 aromatic carbocycles. The number of benzene rings is 2. The summed E-state index contributed by atoms with van der Waals surface area (Å²) in [5.74, 6) is 0.370. The zero-order chi connectivity index (χ0) is 20.9. The standard InChI is InChI=1S/C21H25ClN2O3S2/c1-16-4-8-19(9-5-16)28-14-12-23-21(25)17-3-2-13-24(15-17)29(26,27)20-10-6-18(22)7-11-20/h4-11,17H,2-3,12-15H2,1H3,(H,23,25). The van der Waals surface area contributed by atoms with Crippen LogP contribution in [0.1, 0.15) is 18.4 Å². The second-order valence-electron chi connectivity index (χ2n) is 7.11. The van der Waals surface area contributed by atoms with Crippen molar-refractivity contribution in [3.8, 4) is 0 Å². The fraction of sp³-hybridized carbons (Fsp3) is 0.381. The van der Waals surface area contributed by atoms with E-state index in [9.17, 15) is 13.2 Å². The summed E-state index contributed by atoms with van der Waals surface area (Å²) in [4.78, 5) is 13.9. The van der Waals surface area contributed by atoms with E-state index < -0.39 is 10.0 Å². The van der Waals surface area contributed by atoms with Gasteiger partial charge in [0.15, 0.2) is 0 Å². The van der Waals surface area contributed by atoms with Gasteiger partial charge < -0.3 is 5.32 Å². The summed E-state index contributed by atoms with van der Waals surface area (Å²) in [5.41, 5.74) is 1.22. The van der Waals surface area contributed by atoms with Crippen molar-refractivity contribution in [2.45, 2.75) is 29.6 Å². The van der Waals surface area contributed by atoms with Crippen LogP contribution in [-0.4, -0.2) is 44.0 Å². The molecule has 0 aromatic heterocycles. The van der Waals surface area contributed by atoms with E-state index in [1.54, 1.807) is 23.9 Å². The average molecular weight is 453 g/mol. The average Bonchev–Trinajstić information content (AvgIpc) is 2.73. The molecule has 1 saturated heterocycles. The molecular weight excluding hydrogens is 428 g/mol. The maximum absolute atomic E-state index is 12.9. The molecule has 2 aromatic rings. The lowest BCUT2D eigenvalue weighted by Crippen LogP contribution is -2.45. The minimum Gasteiger partial charge on any atom is -0.355 e. The Labute approximate surface area is 181 Å². The Balaban J connectivity index is 1.51. The second kappa shape index (κ2) is 9.98. The van der Waals surface area contributed by atoms with Crippen LogP contribution in [0.4, 0.5) is 0 Å². The molecule has 156 valence electrons. The predicted molar refractivity (Wildman–Crippen MR) is 118 cm³/mol. The molecule has 1 N–H and O–H groups in total. The fourth-order valence-corrected chi connectivity index (χ4v) is 5.67. The van der Waals surface area contributed by atoms with Crippen molar-refractivity contribution in [3.63, 3.8) is 0 Å². The summed E-state index contributed by atoms with van der Waals surface area (Å²) in [7, 11) is -3.62. The highest BCUT2D eigenvalue weighted by Crippen LogP contribution is 2.25. The maximum Gasteiger partial charge on any atom is 0.243 e. The van der Waals surface area contributed by atoms with Crippen molar-refractivity contribution in [1.82, 2.24) is 9.62 Å². The van der Waals surface area contributed by atoms with Gasteiger partial charge >= 0.3 is 0 Å². The Morgan fingerprint density at radius 1 is 1.17 bits per heavy atom. The number of carbonyl (C=O) groups is 1. The Morgan fingerprint density at radius 3 is 2.55 bits per heavy atom.